The smallest absolute Gasteiger partial charge is 0.397 e. The van der Waals surface area contributed by atoms with E-state index in [9.17, 15) is 45.5 Å². The van der Waals surface area contributed by atoms with E-state index in [2.05, 4.69) is 5.32 Å². The number of Topliss-reactive ketones (excluding diaryl/α,β-unsaturated/α-hetero) is 1. The van der Waals surface area contributed by atoms with Crippen LogP contribution in [0.2, 0.25) is 5.02 Å². The summed E-state index contributed by atoms with van der Waals surface area (Å²) in [5.74, 6) is -3.81. The maximum atomic E-state index is 14.1. The number of benzene rings is 3. The van der Waals surface area contributed by atoms with Crippen LogP contribution in [0.3, 0.4) is 0 Å². The fourth-order valence-corrected chi connectivity index (χ4v) is 7.74. The number of piperidine rings is 1. The average Bonchev–Trinajstić information content (AvgIpc) is 3.32. The molecule has 0 aliphatic carbocycles. The molecule has 294 valence electrons. The first kappa shape index (κ1) is 39.7. The van der Waals surface area contributed by atoms with Crippen molar-refractivity contribution in [2.75, 3.05) is 61.8 Å². The van der Waals surface area contributed by atoms with Crippen LogP contribution >= 0.6 is 11.6 Å². The van der Waals surface area contributed by atoms with E-state index in [1.807, 2.05) is 29.2 Å². The molecule has 1 atom stereocenters. The van der Waals surface area contributed by atoms with Crippen molar-refractivity contribution in [3.63, 3.8) is 0 Å². The molecular weight excluding hydrogens is 754 g/mol. The lowest BCUT2D eigenvalue weighted by molar-refractivity contribution is -0.142. The van der Waals surface area contributed by atoms with Crippen molar-refractivity contribution in [2.45, 2.75) is 50.5 Å². The number of carbonyl (C=O) groups is 4. The Bertz CT molecular complexity index is 1930. The summed E-state index contributed by atoms with van der Waals surface area (Å²) in [5, 5.41) is 2.63. The van der Waals surface area contributed by atoms with Crippen molar-refractivity contribution in [3.05, 3.63) is 87.9 Å². The number of nitrogens with one attached hydrogen (secondary N) is 1. The van der Waals surface area contributed by atoms with Crippen molar-refractivity contribution >= 4 is 52.3 Å². The van der Waals surface area contributed by atoms with E-state index in [0.29, 0.717) is 44.6 Å². The van der Waals surface area contributed by atoms with Crippen LogP contribution in [0, 0.1) is 5.92 Å². The monoisotopic (exact) mass is 792 g/mol. The SMILES string of the molecule is Nc1c(Cl)cc(CC(CC(=O)N2CCC(N3CCc4ccccc4NC3=O)CC2)C(=O)N2CCN(c3ccc(C(=O)C(F)(F)F)cc3)CC2)cc1C(F)(F)F. The van der Waals surface area contributed by atoms with Crippen LogP contribution in [0.5, 0.6) is 0 Å². The molecule has 0 saturated carbocycles. The number of alkyl halides is 6. The van der Waals surface area contributed by atoms with E-state index < -0.39 is 46.8 Å². The molecule has 55 heavy (non-hydrogen) atoms. The van der Waals surface area contributed by atoms with E-state index in [4.69, 9.17) is 17.3 Å². The molecule has 3 N–H and O–H groups in total. The van der Waals surface area contributed by atoms with E-state index in [-0.39, 0.29) is 67.6 Å². The number of amides is 4. The molecular formula is C38H39ClF6N6O4. The molecule has 3 aliphatic heterocycles. The highest BCUT2D eigenvalue weighted by Gasteiger charge is 2.40. The molecule has 3 heterocycles. The number of hydrogen-bond donors (Lipinski definition) is 2. The Morgan fingerprint density at radius 3 is 2.15 bits per heavy atom. The van der Waals surface area contributed by atoms with Gasteiger partial charge in [-0.1, -0.05) is 29.8 Å². The first-order valence-corrected chi connectivity index (χ1v) is 18.2. The lowest BCUT2D eigenvalue weighted by Crippen LogP contribution is -2.52. The standard InChI is InChI=1S/C38H39ClF6N6O4/c39-30-21-23(20-29(33(30)46)37(40,41)42)19-26(35(54)50-17-15-48(16-18-50)27-7-5-25(6-8-27)34(53)38(43,44)45)22-32(52)49-12-10-28(11-13-49)51-14-9-24-3-1-2-4-31(24)47-36(51)55/h1-8,20-21,26,28H,9-19,22,46H2,(H,47,55). The largest absolute Gasteiger partial charge is 0.454 e. The average molecular weight is 793 g/mol. The van der Waals surface area contributed by atoms with E-state index in [0.717, 1.165) is 29.4 Å². The highest BCUT2D eigenvalue weighted by molar-refractivity contribution is 6.33. The van der Waals surface area contributed by atoms with Gasteiger partial charge in [0.2, 0.25) is 11.8 Å². The number of halogens is 7. The van der Waals surface area contributed by atoms with Crippen LogP contribution in [-0.4, -0.2) is 96.4 Å². The third-order valence-electron chi connectivity index (χ3n) is 10.5. The van der Waals surface area contributed by atoms with Gasteiger partial charge >= 0.3 is 18.4 Å². The zero-order valence-electron chi connectivity index (χ0n) is 29.6. The summed E-state index contributed by atoms with van der Waals surface area (Å²) in [6, 6.07) is 14.3. The molecule has 2 saturated heterocycles. The quantitative estimate of drug-likeness (QED) is 0.150. The topological polar surface area (TPSA) is 119 Å². The van der Waals surface area contributed by atoms with Gasteiger partial charge in [0.25, 0.3) is 5.78 Å². The predicted octanol–water partition coefficient (Wildman–Crippen LogP) is 6.66. The maximum absolute atomic E-state index is 14.1. The number of likely N-dealkylation sites (tertiary alicyclic amines) is 1. The first-order valence-electron chi connectivity index (χ1n) is 17.8. The van der Waals surface area contributed by atoms with Gasteiger partial charge in [-0.15, -0.1) is 0 Å². The van der Waals surface area contributed by atoms with Gasteiger partial charge in [-0.25, -0.2) is 4.79 Å². The summed E-state index contributed by atoms with van der Waals surface area (Å²) in [7, 11) is 0. The normalized spacial score (nSPS) is 17.7. The molecule has 2 fully saturated rings. The van der Waals surface area contributed by atoms with Crippen LogP contribution < -0.4 is 16.0 Å². The van der Waals surface area contributed by atoms with Gasteiger partial charge in [0.1, 0.15) is 0 Å². The van der Waals surface area contributed by atoms with Gasteiger partial charge in [-0.3, -0.25) is 14.4 Å². The number of fused-ring (bicyclic) bond motifs is 1. The minimum absolute atomic E-state index is 0.0803. The number of nitrogens with two attached hydrogens (primary N) is 1. The van der Waals surface area contributed by atoms with Gasteiger partial charge in [-0.05, 0) is 79.3 Å². The highest BCUT2D eigenvalue weighted by atomic mass is 35.5. The molecule has 4 amide bonds. The van der Waals surface area contributed by atoms with E-state index in [1.165, 1.54) is 23.1 Å². The molecule has 3 aliphatic rings. The van der Waals surface area contributed by atoms with Crippen LogP contribution in [0.1, 0.15) is 46.3 Å². The summed E-state index contributed by atoms with van der Waals surface area (Å²) in [6.07, 6.45) is -8.66. The van der Waals surface area contributed by atoms with Crippen molar-refractivity contribution in [2.24, 2.45) is 5.92 Å². The molecule has 0 spiro atoms. The Morgan fingerprint density at radius 2 is 1.51 bits per heavy atom. The minimum atomic E-state index is -5.01. The Morgan fingerprint density at radius 1 is 0.855 bits per heavy atom. The van der Waals surface area contributed by atoms with E-state index >= 15 is 0 Å². The van der Waals surface area contributed by atoms with Crippen molar-refractivity contribution in [1.29, 1.82) is 0 Å². The number of urea groups is 1. The number of para-hydroxylation sites is 1. The molecule has 17 heteroatoms. The zero-order chi connectivity index (χ0) is 39.7. The molecule has 0 aromatic heterocycles. The second kappa shape index (κ2) is 16.0. The highest BCUT2D eigenvalue weighted by Crippen LogP contribution is 2.39. The molecule has 3 aromatic carbocycles. The summed E-state index contributed by atoms with van der Waals surface area (Å²) in [6.45, 7) is 2.02. The predicted molar refractivity (Wildman–Crippen MR) is 194 cm³/mol. The minimum Gasteiger partial charge on any atom is -0.397 e. The summed E-state index contributed by atoms with van der Waals surface area (Å²) >= 11 is 6.10. The van der Waals surface area contributed by atoms with Gasteiger partial charge in [0, 0.05) is 75.2 Å². The molecule has 0 bridgehead atoms. The van der Waals surface area contributed by atoms with Crippen LogP contribution in [0.25, 0.3) is 0 Å². The number of anilines is 3. The van der Waals surface area contributed by atoms with Gasteiger partial charge in [0.05, 0.1) is 22.2 Å². The lowest BCUT2D eigenvalue weighted by Gasteiger charge is -2.39. The second-order valence-corrected chi connectivity index (χ2v) is 14.4. The number of nitrogen functional groups attached to an aromatic ring is 1. The Labute approximate surface area is 318 Å². The van der Waals surface area contributed by atoms with E-state index in [1.54, 1.807) is 9.80 Å². The van der Waals surface area contributed by atoms with Crippen LogP contribution in [0.4, 0.5) is 48.2 Å². The van der Waals surface area contributed by atoms with Crippen LogP contribution in [-0.2, 0) is 28.6 Å². The third-order valence-corrected chi connectivity index (χ3v) is 10.8. The Balaban J connectivity index is 1.13. The zero-order valence-corrected chi connectivity index (χ0v) is 30.3. The van der Waals surface area contributed by atoms with Gasteiger partial charge in [-0.2, -0.15) is 26.3 Å². The van der Waals surface area contributed by atoms with Crippen molar-refractivity contribution in [3.8, 4) is 0 Å². The van der Waals surface area contributed by atoms with Crippen LogP contribution in [0.15, 0.2) is 60.7 Å². The summed E-state index contributed by atoms with van der Waals surface area (Å²) < 4.78 is 80.1. The number of nitrogens with zero attached hydrogens (tertiary/aromatic N) is 4. The number of hydrogen-bond acceptors (Lipinski definition) is 6. The fourth-order valence-electron chi connectivity index (χ4n) is 7.49. The third kappa shape index (κ3) is 9.11. The fraction of sp³-hybridized carbons (Fsp3) is 0.421. The second-order valence-electron chi connectivity index (χ2n) is 14.0. The summed E-state index contributed by atoms with van der Waals surface area (Å²) in [5.41, 5.74) is 5.77. The maximum Gasteiger partial charge on any atom is 0.454 e. The molecule has 10 nitrogen and oxygen atoms in total. The Hall–Kier alpha value is -4.99. The van der Waals surface area contributed by atoms with Gasteiger partial charge in [0.15, 0.2) is 0 Å². The van der Waals surface area contributed by atoms with Crippen molar-refractivity contribution < 1.29 is 45.5 Å². The molecule has 0 radical (unpaired) electrons. The number of piperazine rings is 1. The number of ketones is 1. The molecule has 6 rings (SSSR count). The lowest BCUT2D eigenvalue weighted by atomic mass is 9.91. The molecule has 1 unspecified atom stereocenters. The molecule has 3 aromatic rings. The van der Waals surface area contributed by atoms with Crippen molar-refractivity contribution in [1.82, 2.24) is 14.7 Å². The Kier molecular flexibility index (Phi) is 11.6. The number of carbonyl (C=O) groups excluding carboxylic acids is 4. The summed E-state index contributed by atoms with van der Waals surface area (Å²) in [4.78, 5) is 59.3. The number of rotatable bonds is 8. The van der Waals surface area contributed by atoms with Gasteiger partial charge < -0.3 is 30.7 Å². The first-order chi connectivity index (χ1) is 26.0.